The molecule has 4 rings (SSSR count). The molecule has 2 amide bonds. The van der Waals surface area contributed by atoms with E-state index in [1.54, 1.807) is 61.5 Å². The Kier molecular flexibility index (Phi) is 11.7. The van der Waals surface area contributed by atoms with Crippen molar-refractivity contribution in [2.45, 2.75) is 57.1 Å². The maximum Gasteiger partial charge on any atom is 0.264 e. The first-order chi connectivity index (χ1) is 21.5. The average molecular weight is 667 g/mol. The van der Waals surface area contributed by atoms with Crippen LogP contribution in [-0.2, 0) is 32.6 Å². The second-order valence-electron chi connectivity index (χ2n) is 10.9. The zero-order valence-electron chi connectivity index (χ0n) is 25.5. The van der Waals surface area contributed by atoms with Gasteiger partial charge in [0.2, 0.25) is 11.8 Å². The van der Waals surface area contributed by atoms with Crippen molar-refractivity contribution in [1.29, 1.82) is 0 Å². The molecule has 0 aromatic heterocycles. The molecule has 0 aliphatic rings. The molecular weight excluding hydrogens is 629 g/mol. The summed E-state index contributed by atoms with van der Waals surface area (Å²) < 4.78 is 29.4. The monoisotopic (exact) mass is 665 g/mol. The van der Waals surface area contributed by atoms with E-state index < -0.39 is 28.5 Å². The van der Waals surface area contributed by atoms with Crippen LogP contribution in [0.25, 0.3) is 0 Å². The van der Waals surface area contributed by atoms with E-state index in [1.165, 1.54) is 17.0 Å². The lowest BCUT2D eigenvalue weighted by Crippen LogP contribution is -2.54. The third-order valence-corrected chi connectivity index (χ3v) is 9.80. The number of hydrogen-bond donors (Lipinski definition) is 1. The fourth-order valence-corrected chi connectivity index (χ4v) is 6.90. The van der Waals surface area contributed by atoms with Gasteiger partial charge in [0.1, 0.15) is 12.6 Å². The smallest absolute Gasteiger partial charge is 0.264 e. The quantitative estimate of drug-likeness (QED) is 0.166. The summed E-state index contributed by atoms with van der Waals surface area (Å²) in [6, 6.07) is 28.2. The van der Waals surface area contributed by atoms with Gasteiger partial charge >= 0.3 is 0 Å². The predicted molar refractivity (Wildman–Crippen MR) is 181 cm³/mol. The van der Waals surface area contributed by atoms with Crippen LogP contribution in [0.15, 0.2) is 108 Å². The molecule has 10 heteroatoms. The van der Waals surface area contributed by atoms with E-state index in [0.29, 0.717) is 33.3 Å². The highest BCUT2D eigenvalue weighted by Gasteiger charge is 2.35. The lowest BCUT2D eigenvalue weighted by molar-refractivity contribution is -0.140. The Bertz CT molecular complexity index is 1720. The minimum atomic E-state index is -4.20. The third kappa shape index (κ3) is 8.87. The van der Waals surface area contributed by atoms with Gasteiger partial charge in [0, 0.05) is 29.1 Å². The molecule has 0 heterocycles. The summed E-state index contributed by atoms with van der Waals surface area (Å²) in [6.45, 7) is 5.08. The molecule has 0 saturated carbocycles. The molecule has 4 aromatic carbocycles. The van der Waals surface area contributed by atoms with Gasteiger partial charge in [-0.15, -0.1) is 0 Å². The number of sulfonamides is 1. The van der Waals surface area contributed by atoms with Gasteiger partial charge in [-0.25, -0.2) is 8.42 Å². The zero-order chi connectivity index (χ0) is 32.6. The van der Waals surface area contributed by atoms with E-state index in [4.69, 9.17) is 23.2 Å². The Morgan fingerprint density at radius 2 is 1.44 bits per heavy atom. The molecule has 0 fully saturated rings. The number of carbonyl (C=O) groups excluding carboxylic acids is 2. The molecule has 4 aromatic rings. The number of amides is 2. The van der Waals surface area contributed by atoms with Crippen LogP contribution in [0.4, 0.5) is 5.69 Å². The Morgan fingerprint density at radius 3 is 2.07 bits per heavy atom. The van der Waals surface area contributed by atoms with Crippen molar-refractivity contribution in [2.24, 2.45) is 0 Å². The summed E-state index contributed by atoms with van der Waals surface area (Å²) in [6.07, 6.45) is 0.922. The normalized spacial score (nSPS) is 12.6. The van der Waals surface area contributed by atoms with Crippen LogP contribution in [0.1, 0.15) is 37.0 Å². The van der Waals surface area contributed by atoms with E-state index in [9.17, 15) is 18.0 Å². The molecular formula is C35H37Cl2N3O4S. The van der Waals surface area contributed by atoms with Gasteiger partial charge in [0.15, 0.2) is 0 Å². The number of hydrogen-bond acceptors (Lipinski definition) is 4. The van der Waals surface area contributed by atoms with Crippen LogP contribution in [0.3, 0.4) is 0 Å². The van der Waals surface area contributed by atoms with Gasteiger partial charge in [-0.1, -0.05) is 90.8 Å². The number of carbonyl (C=O) groups is 2. The second kappa shape index (κ2) is 15.4. The summed E-state index contributed by atoms with van der Waals surface area (Å²) >= 11 is 12.5. The number of nitrogens with zero attached hydrogens (tertiary/aromatic N) is 2. The molecule has 7 nitrogen and oxygen atoms in total. The SMILES string of the molecule is CC[C@@H](C)NC(=O)[C@@H](Cc1ccccc1)N(Cc1cccc(Cl)c1)C(=O)CN(c1ccc(Cl)cc1C)S(=O)(=O)c1ccccc1. The molecule has 0 aliphatic carbocycles. The van der Waals surface area contributed by atoms with E-state index in [2.05, 4.69) is 5.32 Å². The highest BCUT2D eigenvalue weighted by atomic mass is 35.5. The Hall–Kier alpha value is -3.85. The fraction of sp³-hybridized carbons (Fsp3) is 0.257. The van der Waals surface area contributed by atoms with Crippen molar-refractivity contribution in [2.75, 3.05) is 10.8 Å². The summed E-state index contributed by atoms with van der Waals surface area (Å²) in [5.41, 5.74) is 2.44. The largest absolute Gasteiger partial charge is 0.352 e. The average Bonchev–Trinajstić information content (AvgIpc) is 3.02. The van der Waals surface area contributed by atoms with Crippen molar-refractivity contribution in [3.05, 3.63) is 130 Å². The van der Waals surface area contributed by atoms with E-state index in [1.807, 2.05) is 50.2 Å². The number of aryl methyl sites for hydroxylation is 1. The molecule has 0 spiro atoms. The third-order valence-electron chi connectivity index (χ3n) is 7.55. The van der Waals surface area contributed by atoms with E-state index in [-0.39, 0.29) is 29.8 Å². The molecule has 0 unspecified atom stereocenters. The summed E-state index contributed by atoms with van der Waals surface area (Å²) in [7, 11) is -4.20. The number of nitrogens with one attached hydrogen (secondary N) is 1. The van der Waals surface area contributed by atoms with Crippen molar-refractivity contribution in [3.8, 4) is 0 Å². The summed E-state index contributed by atoms with van der Waals surface area (Å²) in [4.78, 5) is 29.9. The van der Waals surface area contributed by atoms with Crippen LogP contribution in [-0.4, -0.2) is 43.8 Å². The molecule has 1 N–H and O–H groups in total. The topological polar surface area (TPSA) is 86.8 Å². The lowest BCUT2D eigenvalue weighted by Gasteiger charge is -2.34. The minimum absolute atomic E-state index is 0.0314. The number of rotatable bonds is 13. The van der Waals surface area contributed by atoms with Crippen molar-refractivity contribution in [3.63, 3.8) is 0 Å². The van der Waals surface area contributed by atoms with E-state index >= 15 is 0 Å². The molecule has 0 radical (unpaired) electrons. The number of halogens is 2. The van der Waals surface area contributed by atoms with Gasteiger partial charge < -0.3 is 10.2 Å². The molecule has 0 aliphatic heterocycles. The van der Waals surface area contributed by atoms with Gasteiger partial charge in [0.05, 0.1) is 10.6 Å². The number of anilines is 1. The molecule has 45 heavy (non-hydrogen) atoms. The first-order valence-electron chi connectivity index (χ1n) is 14.7. The lowest BCUT2D eigenvalue weighted by atomic mass is 10.0. The second-order valence-corrected chi connectivity index (χ2v) is 13.7. The fourth-order valence-electron chi connectivity index (χ4n) is 4.96. The first-order valence-corrected chi connectivity index (χ1v) is 16.9. The molecule has 2 atom stereocenters. The minimum Gasteiger partial charge on any atom is -0.352 e. The summed E-state index contributed by atoms with van der Waals surface area (Å²) in [5.74, 6) is -0.882. The summed E-state index contributed by atoms with van der Waals surface area (Å²) in [5, 5.41) is 3.95. The molecule has 236 valence electrons. The molecule has 0 saturated heterocycles. The first kappa shape index (κ1) is 34.0. The van der Waals surface area contributed by atoms with Gasteiger partial charge in [-0.2, -0.15) is 0 Å². The Balaban J connectivity index is 1.83. The maximum absolute atomic E-state index is 14.5. The maximum atomic E-state index is 14.5. The number of benzene rings is 4. The van der Waals surface area contributed by atoms with E-state index in [0.717, 1.165) is 9.87 Å². The Labute approximate surface area is 275 Å². The van der Waals surface area contributed by atoms with Gasteiger partial charge in [-0.3, -0.25) is 13.9 Å². The van der Waals surface area contributed by atoms with Crippen molar-refractivity contribution < 1.29 is 18.0 Å². The van der Waals surface area contributed by atoms with Crippen LogP contribution in [0.5, 0.6) is 0 Å². The van der Waals surface area contributed by atoms with Crippen LogP contribution < -0.4 is 9.62 Å². The van der Waals surface area contributed by atoms with Gasteiger partial charge in [-0.05, 0) is 79.4 Å². The standard InChI is InChI=1S/C35H37Cl2N3O4S/c1-4-26(3)38-35(42)33(22-27-12-7-5-8-13-27)39(23-28-14-11-15-29(36)21-28)34(41)24-40(32-19-18-30(37)20-25(32)2)45(43,44)31-16-9-6-10-17-31/h5-21,26,33H,4,22-24H2,1-3H3,(H,38,42)/t26-,33-/m1/s1. The van der Waals surface area contributed by atoms with Crippen LogP contribution >= 0.6 is 23.2 Å². The zero-order valence-corrected chi connectivity index (χ0v) is 27.8. The van der Waals surface area contributed by atoms with Crippen LogP contribution in [0, 0.1) is 6.92 Å². The van der Waals surface area contributed by atoms with Gasteiger partial charge in [0.25, 0.3) is 10.0 Å². The predicted octanol–water partition coefficient (Wildman–Crippen LogP) is 7.05. The van der Waals surface area contributed by atoms with Crippen molar-refractivity contribution in [1.82, 2.24) is 10.2 Å². The molecule has 0 bridgehead atoms. The van der Waals surface area contributed by atoms with Crippen molar-refractivity contribution >= 4 is 50.7 Å². The van der Waals surface area contributed by atoms with Crippen LogP contribution in [0.2, 0.25) is 10.0 Å². The highest BCUT2D eigenvalue weighted by Crippen LogP contribution is 2.30. The highest BCUT2D eigenvalue weighted by molar-refractivity contribution is 7.92. The Morgan fingerprint density at radius 1 is 0.822 bits per heavy atom.